The van der Waals surface area contributed by atoms with Crippen LogP contribution in [0, 0.1) is 6.92 Å². The van der Waals surface area contributed by atoms with E-state index in [1.807, 2.05) is 60.2 Å². The minimum Gasteiger partial charge on any atom is -0.412 e. The van der Waals surface area contributed by atoms with E-state index in [4.69, 9.17) is 16.0 Å². The van der Waals surface area contributed by atoms with Crippen LogP contribution in [0.25, 0.3) is 22.5 Å². The predicted molar refractivity (Wildman–Crippen MR) is 116 cm³/mol. The van der Waals surface area contributed by atoms with Gasteiger partial charge in [0.25, 0.3) is 17.6 Å². The van der Waals surface area contributed by atoms with E-state index < -0.39 is 0 Å². The van der Waals surface area contributed by atoms with Gasteiger partial charge in [-0.3, -0.25) is 4.79 Å². The molecule has 0 radical (unpaired) electrons. The molecule has 31 heavy (non-hydrogen) atoms. The van der Waals surface area contributed by atoms with Crippen molar-refractivity contribution < 1.29 is 9.21 Å². The Bertz CT molecular complexity index is 1390. The van der Waals surface area contributed by atoms with Crippen LogP contribution in [-0.2, 0) is 6.54 Å². The van der Waals surface area contributed by atoms with E-state index in [-0.39, 0.29) is 17.6 Å². The van der Waals surface area contributed by atoms with Crippen LogP contribution in [0.2, 0.25) is 5.02 Å². The van der Waals surface area contributed by atoms with E-state index in [1.54, 1.807) is 12.3 Å². The SMILES string of the molecule is Cc1ccc2c(c1)c(C(=O)c1nnc(-c3ccncn3)o1)cn2Cc1ccc(Cl)cc1. The molecule has 3 heterocycles. The van der Waals surface area contributed by atoms with Crippen molar-refractivity contribution in [3.63, 3.8) is 0 Å². The zero-order valence-corrected chi connectivity index (χ0v) is 17.2. The summed E-state index contributed by atoms with van der Waals surface area (Å²) in [7, 11) is 0. The first-order chi connectivity index (χ1) is 15.1. The molecule has 0 saturated carbocycles. The van der Waals surface area contributed by atoms with Gasteiger partial charge >= 0.3 is 0 Å². The highest BCUT2D eigenvalue weighted by atomic mass is 35.5. The summed E-state index contributed by atoms with van der Waals surface area (Å²) in [5.41, 5.74) is 4.04. The number of aryl methyl sites for hydroxylation is 1. The number of aromatic nitrogens is 5. The predicted octanol–water partition coefficient (Wildman–Crippen LogP) is 4.72. The molecule has 0 spiro atoms. The van der Waals surface area contributed by atoms with Gasteiger partial charge in [-0.15, -0.1) is 10.2 Å². The van der Waals surface area contributed by atoms with E-state index in [0.717, 1.165) is 22.0 Å². The topological polar surface area (TPSA) is 86.7 Å². The average molecular weight is 430 g/mol. The molecule has 0 aliphatic rings. The van der Waals surface area contributed by atoms with Crippen molar-refractivity contribution in [3.05, 3.63) is 94.9 Å². The molecule has 0 atom stereocenters. The fourth-order valence-corrected chi connectivity index (χ4v) is 3.59. The second-order valence-electron chi connectivity index (χ2n) is 7.15. The quantitative estimate of drug-likeness (QED) is 0.375. The fraction of sp³-hybridized carbons (Fsp3) is 0.0870. The monoisotopic (exact) mass is 429 g/mol. The molecule has 5 rings (SSSR count). The molecule has 0 bridgehead atoms. The summed E-state index contributed by atoms with van der Waals surface area (Å²) in [5.74, 6) is -0.245. The molecule has 8 heteroatoms. The molecule has 7 nitrogen and oxygen atoms in total. The highest BCUT2D eigenvalue weighted by molar-refractivity contribution is 6.30. The lowest BCUT2D eigenvalue weighted by Gasteiger charge is -2.06. The van der Waals surface area contributed by atoms with Crippen LogP contribution >= 0.6 is 11.6 Å². The molecule has 0 saturated heterocycles. The number of hydrogen-bond donors (Lipinski definition) is 0. The van der Waals surface area contributed by atoms with E-state index in [0.29, 0.717) is 22.8 Å². The maximum atomic E-state index is 13.3. The van der Waals surface area contributed by atoms with Gasteiger partial charge in [0.2, 0.25) is 0 Å². The summed E-state index contributed by atoms with van der Waals surface area (Å²) < 4.78 is 7.65. The highest BCUT2D eigenvalue weighted by Crippen LogP contribution is 2.27. The normalized spacial score (nSPS) is 11.2. The Morgan fingerprint density at radius 2 is 1.94 bits per heavy atom. The van der Waals surface area contributed by atoms with Gasteiger partial charge in [-0.05, 0) is 42.8 Å². The number of fused-ring (bicyclic) bond motifs is 1. The van der Waals surface area contributed by atoms with Gasteiger partial charge in [0, 0.05) is 34.9 Å². The Morgan fingerprint density at radius 1 is 1.10 bits per heavy atom. The maximum absolute atomic E-state index is 13.3. The zero-order valence-electron chi connectivity index (χ0n) is 16.5. The molecule has 3 aromatic heterocycles. The van der Waals surface area contributed by atoms with Crippen LogP contribution < -0.4 is 0 Å². The van der Waals surface area contributed by atoms with Crippen molar-refractivity contribution >= 4 is 28.3 Å². The molecule has 0 aliphatic heterocycles. The van der Waals surface area contributed by atoms with E-state index in [9.17, 15) is 4.79 Å². The molecule has 0 fully saturated rings. The number of carbonyl (C=O) groups is 1. The van der Waals surface area contributed by atoms with Gasteiger partial charge in [0.1, 0.15) is 12.0 Å². The van der Waals surface area contributed by atoms with Crippen molar-refractivity contribution in [2.24, 2.45) is 0 Å². The Balaban J connectivity index is 1.55. The van der Waals surface area contributed by atoms with Crippen molar-refractivity contribution in [3.8, 4) is 11.6 Å². The number of rotatable bonds is 5. The Kier molecular flexibility index (Phi) is 4.80. The lowest BCUT2D eigenvalue weighted by atomic mass is 10.1. The molecule has 0 N–H and O–H groups in total. The summed E-state index contributed by atoms with van der Waals surface area (Å²) in [5, 5.41) is 9.43. The second-order valence-corrected chi connectivity index (χ2v) is 7.59. The highest BCUT2D eigenvalue weighted by Gasteiger charge is 2.23. The fourth-order valence-electron chi connectivity index (χ4n) is 3.46. The van der Waals surface area contributed by atoms with Crippen molar-refractivity contribution in [2.45, 2.75) is 13.5 Å². The van der Waals surface area contributed by atoms with Crippen molar-refractivity contribution in [1.29, 1.82) is 0 Å². The van der Waals surface area contributed by atoms with Gasteiger partial charge < -0.3 is 8.98 Å². The van der Waals surface area contributed by atoms with Crippen LogP contribution in [0.3, 0.4) is 0 Å². The van der Waals surface area contributed by atoms with Crippen molar-refractivity contribution in [2.75, 3.05) is 0 Å². The van der Waals surface area contributed by atoms with Gasteiger partial charge in [0.15, 0.2) is 0 Å². The molecule has 2 aromatic carbocycles. The van der Waals surface area contributed by atoms with Crippen LogP contribution in [0.1, 0.15) is 27.4 Å². The minimum atomic E-state index is -0.335. The largest absolute Gasteiger partial charge is 0.412 e. The summed E-state index contributed by atoms with van der Waals surface area (Å²) >= 11 is 6.00. The summed E-state index contributed by atoms with van der Waals surface area (Å²) in [4.78, 5) is 21.2. The third-order valence-electron chi connectivity index (χ3n) is 4.97. The van der Waals surface area contributed by atoms with Crippen LogP contribution in [0.5, 0.6) is 0 Å². The first-order valence-corrected chi connectivity index (χ1v) is 9.95. The summed E-state index contributed by atoms with van der Waals surface area (Å²) in [6.45, 7) is 2.59. The first-order valence-electron chi connectivity index (χ1n) is 9.57. The average Bonchev–Trinajstić information content (AvgIpc) is 3.41. The molecule has 5 aromatic rings. The van der Waals surface area contributed by atoms with E-state index >= 15 is 0 Å². The lowest BCUT2D eigenvalue weighted by molar-refractivity contribution is 0.100. The Morgan fingerprint density at radius 3 is 2.71 bits per heavy atom. The van der Waals surface area contributed by atoms with Gasteiger partial charge in [-0.2, -0.15) is 0 Å². The lowest BCUT2D eigenvalue weighted by Crippen LogP contribution is -2.02. The molecule has 0 amide bonds. The van der Waals surface area contributed by atoms with Gasteiger partial charge in [0.05, 0.1) is 5.56 Å². The maximum Gasteiger partial charge on any atom is 0.289 e. The number of benzene rings is 2. The smallest absolute Gasteiger partial charge is 0.289 e. The number of hydrogen-bond acceptors (Lipinski definition) is 6. The Labute approximate surface area is 182 Å². The van der Waals surface area contributed by atoms with Gasteiger partial charge in [-0.1, -0.05) is 35.4 Å². The Hall–Kier alpha value is -3.84. The molecular weight excluding hydrogens is 414 g/mol. The number of halogens is 1. The van der Waals surface area contributed by atoms with E-state index in [1.165, 1.54) is 6.33 Å². The van der Waals surface area contributed by atoms with Crippen LogP contribution in [0.15, 0.2) is 71.7 Å². The summed E-state index contributed by atoms with van der Waals surface area (Å²) in [6, 6.07) is 15.3. The van der Waals surface area contributed by atoms with E-state index in [2.05, 4.69) is 20.2 Å². The minimum absolute atomic E-state index is 0.0827. The number of carbonyl (C=O) groups excluding carboxylic acids is 1. The number of nitrogens with zero attached hydrogens (tertiary/aromatic N) is 5. The third-order valence-corrected chi connectivity index (χ3v) is 5.22. The standard InChI is InChI=1S/C23H16ClN5O2/c1-14-2-7-20-17(10-14)18(12-29(20)11-15-3-5-16(24)6-4-15)21(30)23-28-27-22(31-23)19-8-9-25-13-26-19/h2-10,12-13H,11H2,1H3. The molecule has 0 unspecified atom stereocenters. The molecular formula is C23H16ClN5O2. The molecule has 0 aliphatic carbocycles. The summed E-state index contributed by atoms with van der Waals surface area (Å²) in [6.07, 6.45) is 4.78. The molecule has 152 valence electrons. The number of ketones is 1. The van der Waals surface area contributed by atoms with Gasteiger partial charge in [-0.25, -0.2) is 9.97 Å². The third kappa shape index (κ3) is 3.71. The first kappa shape index (κ1) is 19.1. The zero-order chi connectivity index (χ0) is 21.4. The van der Waals surface area contributed by atoms with Crippen LogP contribution in [0.4, 0.5) is 0 Å². The second kappa shape index (κ2) is 7.77. The van der Waals surface area contributed by atoms with Crippen molar-refractivity contribution in [1.82, 2.24) is 24.7 Å². The van der Waals surface area contributed by atoms with Crippen LogP contribution in [-0.4, -0.2) is 30.5 Å².